The number of hydrogen-bond donors (Lipinski definition) is 1. The van der Waals surface area contributed by atoms with Crippen molar-refractivity contribution in [3.63, 3.8) is 0 Å². The van der Waals surface area contributed by atoms with E-state index in [1.807, 2.05) is 6.20 Å². The maximum Gasteiger partial charge on any atom is 0.269 e. The lowest BCUT2D eigenvalue weighted by atomic mass is 10.3. The van der Waals surface area contributed by atoms with Crippen LogP contribution in [0, 0.1) is 16.0 Å². The van der Waals surface area contributed by atoms with Crippen LogP contribution < -0.4 is 5.32 Å². The summed E-state index contributed by atoms with van der Waals surface area (Å²) >= 11 is 0. The average molecular weight is 273 g/mol. The largest absolute Gasteiger partial charge is 0.311 e. The number of nitrogens with zero attached hydrogens (tertiary/aromatic N) is 4. The molecule has 1 aromatic heterocycles. The number of rotatable bonds is 6. The summed E-state index contributed by atoms with van der Waals surface area (Å²) in [5, 5.41) is 22.1. The fourth-order valence-corrected chi connectivity index (χ4v) is 1.96. The molecule has 1 fully saturated rings. The van der Waals surface area contributed by atoms with Gasteiger partial charge in [-0.15, -0.1) is 5.10 Å². The van der Waals surface area contributed by atoms with Gasteiger partial charge in [0.25, 0.3) is 5.69 Å². The molecule has 1 aliphatic rings. The SMILES string of the molecule is O=[N+]([O-])c1ccc(-n2cc(CNCC3CC3)nn2)cc1. The van der Waals surface area contributed by atoms with E-state index in [4.69, 9.17) is 0 Å². The molecule has 7 heteroatoms. The van der Waals surface area contributed by atoms with E-state index in [1.165, 1.54) is 25.0 Å². The third kappa shape index (κ3) is 3.00. The van der Waals surface area contributed by atoms with Gasteiger partial charge in [-0.05, 0) is 37.4 Å². The number of nitro benzene ring substituents is 1. The Morgan fingerprint density at radius 2 is 2.10 bits per heavy atom. The van der Waals surface area contributed by atoms with E-state index in [2.05, 4.69) is 15.6 Å². The van der Waals surface area contributed by atoms with E-state index < -0.39 is 4.92 Å². The number of non-ortho nitro benzene ring substituents is 1. The van der Waals surface area contributed by atoms with Crippen molar-refractivity contribution in [2.45, 2.75) is 19.4 Å². The van der Waals surface area contributed by atoms with Crippen LogP contribution in [0.25, 0.3) is 5.69 Å². The van der Waals surface area contributed by atoms with Gasteiger partial charge < -0.3 is 5.32 Å². The summed E-state index contributed by atoms with van der Waals surface area (Å²) in [6.45, 7) is 1.73. The van der Waals surface area contributed by atoms with Gasteiger partial charge in [-0.25, -0.2) is 4.68 Å². The van der Waals surface area contributed by atoms with Gasteiger partial charge in [0.05, 0.1) is 22.5 Å². The summed E-state index contributed by atoms with van der Waals surface area (Å²) in [6, 6.07) is 6.24. The Labute approximate surface area is 115 Å². The fourth-order valence-electron chi connectivity index (χ4n) is 1.96. The Kier molecular flexibility index (Phi) is 3.42. The second-order valence-corrected chi connectivity index (χ2v) is 5.00. The predicted octanol–water partition coefficient (Wildman–Crippen LogP) is 1.68. The molecule has 2 aromatic rings. The molecule has 0 aliphatic heterocycles. The highest BCUT2D eigenvalue weighted by Crippen LogP contribution is 2.27. The van der Waals surface area contributed by atoms with Crippen molar-refractivity contribution in [3.05, 3.63) is 46.3 Å². The molecule has 1 aliphatic carbocycles. The molecule has 1 heterocycles. The van der Waals surface area contributed by atoms with Crippen LogP contribution in [0.15, 0.2) is 30.5 Å². The molecular weight excluding hydrogens is 258 g/mol. The second-order valence-electron chi connectivity index (χ2n) is 5.00. The molecule has 104 valence electrons. The summed E-state index contributed by atoms with van der Waals surface area (Å²) in [6.07, 6.45) is 4.48. The smallest absolute Gasteiger partial charge is 0.269 e. The summed E-state index contributed by atoms with van der Waals surface area (Å²) in [4.78, 5) is 10.2. The van der Waals surface area contributed by atoms with Crippen molar-refractivity contribution in [2.24, 2.45) is 5.92 Å². The maximum absolute atomic E-state index is 10.6. The van der Waals surface area contributed by atoms with Crippen molar-refractivity contribution >= 4 is 5.69 Å². The Morgan fingerprint density at radius 3 is 2.75 bits per heavy atom. The quantitative estimate of drug-likeness (QED) is 0.639. The normalized spacial score (nSPS) is 14.4. The number of nitrogens with one attached hydrogen (secondary N) is 1. The van der Waals surface area contributed by atoms with E-state index in [-0.39, 0.29) is 5.69 Å². The van der Waals surface area contributed by atoms with E-state index in [9.17, 15) is 10.1 Å². The molecule has 0 radical (unpaired) electrons. The van der Waals surface area contributed by atoms with Crippen LogP contribution in [0.5, 0.6) is 0 Å². The third-order valence-electron chi connectivity index (χ3n) is 3.30. The highest BCUT2D eigenvalue weighted by molar-refractivity contribution is 5.40. The van der Waals surface area contributed by atoms with E-state index in [1.54, 1.807) is 16.8 Å². The van der Waals surface area contributed by atoms with Crippen molar-refractivity contribution in [2.75, 3.05) is 6.54 Å². The number of aromatic nitrogens is 3. The molecule has 0 saturated heterocycles. The van der Waals surface area contributed by atoms with Crippen LogP contribution >= 0.6 is 0 Å². The van der Waals surface area contributed by atoms with E-state index in [0.29, 0.717) is 6.54 Å². The minimum atomic E-state index is -0.418. The molecule has 0 amide bonds. The fraction of sp³-hybridized carbons (Fsp3) is 0.385. The summed E-state index contributed by atoms with van der Waals surface area (Å²) in [5.74, 6) is 0.833. The zero-order valence-electron chi connectivity index (χ0n) is 10.9. The minimum Gasteiger partial charge on any atom is -0.311 e. The lowest BCUT2D eigenvalue weighted by molar-refractivity contribution is -0.384. The topological polar surface area (TPSA) is 85.9 Å². The maximum atomic E-state index is 10.6. The third-order valence-corrected chi connectivity index (χ3v) is 3.30. The van der Waals surface area contributed by atoms with Gasteiger partial charge in [0, 0.05) is 18.7 Å². The average Bonchev–Trinajstić information content (AvgIpc) is 3.15. The molecule has 0 bridgehead atoms. The van der Waals surface area contributed by atoms with Crippen LogP contribution in [0.4, 0.5) is 5.69 Å². The summed E-state index contributed by atoms with van der Waals surface area (Å²) in [5.41, 5.74) is 1.70. The van der Waals surface area contributed by atoms with Crippen LogP contribution in [-0.2, 0) is 6.54 Å². The first kappa shape index (κ1) is 12.7. The van der Waals surface area contributed by atoms with E-state index in [0.717, 1.165) is 23.8 Å². The van der Waals surface area contributed by atoms with Crippen molar-refractivity contribution < 1.29 is 4.92 Å². The van der Waals surface area contributed by atoms with Crippen LogP contribution in [0.3, 0.4) is 0 Å². The Hall–Kier alpha value is -2.28. The molecule has 20 heavy (non-hydrogen) atoms. The predicted molar refractivity (Wildman–Crippen MR) is 72.4 cm³/mol. The van der Waals surface area contributed by atoms with Crippen LogP contribution in [0.2, 0.25) is 0 Å². The standard InChI is InChI=1S/C13H15N5O2/c19-18(20)13-5-3-12(4-6-13)17-9-11(15-16-17)8-14-7-10-1-2-10/h3-6,9-10,14H,1-2,7-8H2. The molecule has 7 nitrogen and oxygen atoms in total. The van der Waals surface area contributed by atoms with Crippen molar-refractivity contribution in [1.29, 1.82) is 0 Å². The summed E-state index contributed by atoms with van der Waals surface area (Å²) in [7, 11) is 0. The molecule has 1 aromatic carbocycles. The lowest BCUT2D eigenvalue weighted by Crippen LogP contribution is -2.16. The Morgan fingerprint density at radius 1 is 1.35 bits per heavy atom. The zero-order valence-corrected chi connectivity index (χ0v) is 10.9. The van der Waals surface area contributed by atoms with Gasteiger partial charge in [0.1, 0.15) is 0 Å². The minimum absolute atomic E-state index is 0.0696. The van der Waals surface area contributed by atoms with Crippen molar-refractivity contribution in [3.8, 4) is 5.69 Å². The Balaban J connectivity index is 1.64. The number of hydrogen-bond acceptors (Lipinski definition) is 5. The second kappa shape index (κ2) is 5.38. The van der Waals surface area contributed by atoms with E-state index >= 15 is 0 Å². The van der Waals surface area contributed by atoms with Gasteiger partial charge in [-0.3, -0.25) is 10.1 Å². The van der Waals surface area contributed by atoms with Crippen LogP contribution in [-0.4, -0.2) is 26.5 Å². The molecule has 3 rings (SSSR count). The van der Waals surface area contributed by atoms with Gasteiger partial charge in [-0.1, -0.05) is 5.21 Å². The zero-order chi connectivity index (χ0) is 13.9. The first-order valence-electron chi connectivity index (χ1n) is 6.59. The number of nitro groups is 1. The molecule has 0 atom stereocenters. The highest BCUT2D eigenvalue weighted by atomic mass is 16.6. The summed E-state index contributed by atoms with van der Waals surface area (Å²) < 4.78 is 1.62. The van der Waals surface area contributed by atoms with Gasteiger partial charge in [-0.2, -0.15) is 0 Å². The van der Waals surface area contributed by atoms with Gasteiger partial charge >= 0.3 is 0 Å². The molecule has 1 N–H and O–H groups in total. The van der Waals surface area contributed by atoms with Crippen LogP contribution in [0.1, 0.15) is 18.5 Å². The highest BCUT2D eigenvalue weighted by Gasteiger charge is 2.20. The number of benzene rings is 1. The first-order chi connectivity index (χ1) is 9.72. The van der Waals surface area contributed by atoms with Gasteiger partial charge in [0.15, 0.2) is 0 Å². The first-order valence-corrected chi connectivity index (χ1v) is 6.59. The molecular formula is C13H15N5O2. The molecule has 0 unspecified atom stereocenters. The lowest BCUT2D eigenvalue weighted by Gasteiger charge is -2.00. The van der Waals surface area contributed by atoms with Gasteiger partial charge in [0.2, 0.25) is 0 Å². The monoisotopic (exact) mass is 273 g/mol. The Bertz CT molecular complexity index is 603. The van der Waals surface area contributed by atoms with Crippen molar-refractivity contribution in [1.82, 2.24) is 20.3 Å². The molecule has 1 saturated carbocycles. The molecule has 0 spiro atoms.